The first-order valence-corrected chi connectivity index (χ1v) is 8.20. The molecule has 6 nitrogen and oxygen atoms in total. The lowest BCUT2D eigenvalue weighted by Crippen LogP contribution is -2.28. The van der Waals surface area contributed by atoms with Gasteiger partial charge in [0.1, 0.15) is 10.7 Å². The second kappa shape index (κ2) is 7.07. The molecule has 3 rings (SSSR count). The highest BCUT2D eigenvalue weighted by Crippen LogP contribution is 2.35. The van der Waals surface area contributed by atoms with Gasteiger partial charge >= 0.3 is 6.18 Å². The minimum atomic E-state index is -4.73. The van der Waals surface area contributed by atoms with Gasteiger partial charge in [-0.25, -0.2) is 4.68 Å². The highest BCUT2D eigenvalue weighted by Gasteiger charge is 2.40. The van der Waals surface area contributed by atoms with Gasteiger partial charge in [-0.2, -0.15) is 23.4 Å². The fourth-order valence-corrected chi connectivity index (χ4v) is 2.96. The van der Waals surface area contributed by atoms with Crippen molar-refractivity contribution in [2.45, 2.75) is 12.7 Å². The lowest BCUT2D eigenvalue weighted by atomic mass is 10.2. The van der Waals surface area contributed by atoms with Gasteiger partial charge in [0.15, 0.2) is 5.69 Å². The van der Waals surface area contributed by atoms with Gasteiger partial charge in [0, 0.05) is 33.0 Å². The molecule has 0 aliphatic heterocycles. The van der Waals surface area contributed by atoms with Crippen molar-refractivity contribution < 1.29 is 18.0 Å². The number of hydrogen-bond donors (Lipinski definition) is 0. The first-order valence-electron chi connectivity index (χ1n) is 7.82. The number of rotatable bonds is 4. The molecular weight excluding hydrogens is 383 g/mol. The van der Waals surface area contributed by atoms with Gasteiger partial charge in [-0.3, -0.25) is 9.48 Å². The van der Waals surface area contributed by atoms with Crippen LogP contribution in [0.5, 0.6) is 0 Å². The molecule has 3 aromatic rings. The van der Waals surface area contributed by atoms with Crippen LogP contribution in [0.3, 0.4) is 0 Å². The van der Waals surface area contributed by atoms with Crippen molar-refractivity contribution in [1.29, 1.82) is 0 Å². The van der Waals surface area contributed by atoms with Crippen LogP contribution in [0.4, 0.5) is 13.2 Å². The monoisotopic (exact) mass is 397 g/mol. The molecule has 2 aromatic heterocycles. The summed E-state index contributed by atoms with van der Waals surface area (Å²) in [6.07, 6.45) is -1.27. The molecule has 0 saturated heterocycles. The van der Waals surface area contributed by atoms with Crippen LogP contribution in [0.1, 0.15) is 21.7 Å². The summed E-state index contributed by atoms with van der Waals surface area (Å²) in [6.45, 7) is 0.196. The minimum Gasteiger partial charge on any atom is -0.336 e. The van der Waals surface area contributed by atoms with Crippen molar-refractivity contribution in [3.63, 3.8) is 0 Å². The molecule has 0 bridgehead atoms. The molecule has 0 fully saturated rings. The van der Waals surface area contributed by atoms with Crippen molar-refractivity contribution in [2.24, 2.45) is 7.05 Å². The number of carbonyl (C=O) groups excluding carboxylic acids is 1. The molecule has 0 spiro atoms. The van der Waals surface area contributed by atoms with Gasteiger partial charge in [-0.1, -0.05) is 23.7 Å². The van der Waals surface area contributed by atoms with E-state index >= 15 is 0 Å². The van der Waals surface area contributed by atoms with E-state index in [2.05, 4.69) is 10.2 Å². The van der Waals surface area contributed by atoms with Gasteiger partial charge in [-0.15, -0.1) is 0 Å². The number of halogens is 4. The number of hydrogen-bond acceptors (Lipinski definition) is 3. The average Bonchev–Trinajstić information content (AvgIpc) is 3.23. The highest BCUT2D eigenvalue weighted by atomic mass is 35.5. The maximum Gasteiger partial charge on any atom is 0.436 e. The van der Waals surface area contributed by atoms with Crippen molar-refractivity contribution in [3.8, 4) is 5.69 Å². The molecule has 0 aliphatic carbocycles. The molecule has 0 saturated carbocycles. The summed E-state index contributed by atoms with van der Waals surface area (Å²) >= 11 is 5.77. The first-order chi connectivity index (χ1) is 12.7. The lowest BCUT2D eigenvalue weighted by Gasteiger charge is -2.18. The predicted octanol–water partition coefficient (Wildman–Crippen LogP) is 3.55. The van der Waals surface area contributed by atoms with E-state index in [0.717, 1.165) is 15.9 Å². The van der Waals surface area contributed by atoms with Gasteiger partial charge in [0.25, 0.3) is 5.91 Å². The molecule has 2 heterocycles. The fraction of sp³-hybridized carbons (Fsp3) is 0.235. The Kier molecular flexibility index (Phi) is 4.97. The van der Waals surface area contributed by atoms with Gasteiger partial charge in [-0.05, 0) is 23.8 Å². The van der Waals surface area contributed by atoms with E-state index in [4.69, 9.17) is 11.6 Å². The third kappa shape index (κ3) is 3.82. The summed E-state index contributed by atoms with van der Waals surface area (Å²) in [7, 11) is 2.74. The van der Waals surface area contributed by atoms with E-state index in [9.17, 15) is 18.0 Å². The molecule has 0 unspecified atom stereocenters. The summed E-state index contributed by atoms with van der Waals surface area (Å²) in [5, 5.41) is 6.76. The lowest BCUT2D eigenvalue weighted by molar-refractivity contribution is -0.141. The topological polar surface area (TPSA) is 56.0 Å². The third-order valence-electron chi connectivity index (χ3n) is 3.93. The number of aromatic nitrogens is 4. The Morgan fingerprint density at radius 1 is 1.26 bits per heavy atom. The Labute approximate surface area is 157 Å². The van der Waals surface area contributed by atoms with Crippen LogP contribution >= 0.6 is 11.6 Å². The second-order valence-electron chi connectivity index (χ2n) is 5.91. The summed E-state index contributed by atoms with van der Waals surface area (Å²) in [4.78, 5) is 13.9. The van der Waals surface area contributed by atoms with Crippen molar-refractivity contribution in [3.05, 3.63) is 64.7 Å². The Morgan fingerprint density at radius 2 is 1.93 bits per heavy atom. The summed E-state index contributed by atoms with van der Waals surface area (Å²) < 4.78 is 41.3. The van der Waals surface area contributed by atoms with E-state index < -0.39 is 22.8 Å². The number of alkyl halides is 3. The molecule has 0 radical (unpaired) electrons. The molecule has 0 N–H and O–H groups in total. The molecule has 142 valence electrons. The van der Waals surface area contributed by atoms with Gasteiger partial charge in [0.2, 0.25) is 0 Å². The van der Waals surface area contributed by atoms with E-state index in [1.165, 1.54) is 19.0 Å². The molecule has 10 heteroatoms. The third-order valence-corrected chi connectivity index (χ3v) is 4.29. The molecule has 0 atom stereocenters. The van der Waals surface area contributed by atoms with E-state index in [-0.39, 0.29) is 12.2 Å². The highest BCUT2D eigenvalue weighted by molar-refractivity contribution is 6.34. The fourth-order valence-electron chi connectivity index (χ4n) is 2.61. The molecule has 0 aliphatic rings. The largest absolute Gasteiger partial charge is 0.436 e. The molecule has 27 heavy (non-hydrogen) atoms. The Bertz CT molecular complexity index is 948. The number of carbonyl (C=O) groups is 1. The normalized spacial score (nSPS) is 11.6. The Hall–Kier alpha value is -2.81. The van der Waals surface area contributed by atoms with Crippen LogP contribution in [-0.2, 0) is 19.8 Å². The van der Waals surface area contributed by atoms with E-state index in [1.54, 1.807) is 23.1 Å². The number of aryl methyl sites for hydroxylation is 1. The minimum absolute atomic E-state index is 0.196. The molecule has 1 aromatic carbocycles. The molecular formula is C17H15ClF3N5O. The van der Waals surface area contributed by atoms with E-state index in [0.29, 0.717) is 0 Å². The smallest absolute Gasteiger partial charge is 0.336 e. The summed E-state index contributed by atoms with van der Waals surface area (Å²) in [5.41, 5.74) is 0.0740. The van der Waals surface area contributed by atoms with Crippen LogP contribution in [0, 0.1) is 0 Å². The standard InChI is InChI=1S/C17H15ClF3N5O/c1-24(10-11-4-6-12(7-5-11)26-9-3-8-22-26)16(27)14-13(18)15(17(19,20)21)23-25(14)2/h3-9H,10H2,1-2H3. The zero-order chi connectivity index (χ0) is 19.8. The maximum atomic E-state index is 12.9. The number of benzene rings is 1. The van der Waals surface area contributed by atoms with Crippen LogP contribution < -0.4 is 0 Å². The van der Waals surface area contributed by atoms with E-state index in [1.807, 2.05) is 24.3 Å². The second-order valence-corrected chi connectivity index (χ2v) is 6.29. The van der Waals surface area contributed by atoms with Gasteiger partial charge < -0.3 is 4.90 Å². The van der Waals surface area contributed by atoms with Crippen LogP contribution in [0.2, 0.25) is 5.02 Å². The number of nitrogens with zero attached hydrogens (tertiary/aromatic N) is 5. The van der Waals surface area contributed by atoms with Gasteiger partial charge in [0.05, 0.1) is 5.69 Å². The predicted molar refractivity (Wildman–Crippen MR) is 92.6 cm³/mol. The summed E-state index contributed by atoms with van der Waals surface area (Å²) in [5.74, 6) is -0.651. The zero-order valence-electron chi connectivity index (χ0n) is 14.4. The Balaban J connectivity index is 1.78. The first kappa shape index (κ1) is 19.0. The van der Waals surface area contributed by atoms with Crippen LogP contribution in [0.15, 0.2) is 42.7 Å². The van der Waals surface area contributed by atoms with Crippen LogP contribution in [-0.4, -0.2) is 37.4 Å². The Morgan fingerprint density at radius 3 is 2.44 bits per heavy atom. The SMILES string of the molecule is CN(Cc1ccc(-n2cccn2)cc1)C(=O)c1c(Cl)c(C(F)(F)F)nn1C. The maximum absolute atomic E-state index is 12.9. The van der Waals surface area contributed by atoms with Crippen LogP contribution in [0.25, 0.3) is 5.69 Å². The summed E-state index contributed by atoms with van der Waals surface area (Å²) in [6, 6.07) is 9.09. The number of amides is 1. The van der Waals surface area contributed by atoms with Crippen molar-refractivity contribution in [1.82, 2.24) is 24.5 Å². The van der Waals surface area contributed by atoms with Crippen molar-refractivity contribution >= 4 is 17.5 Å². The molecule has 1 amide bonds. The zero-order valence-corrected chi connectivity index (χ0v) is 15.2. The quantitative estimate of drug-likeness (QED) is 0.676. The van der Waals surface area contributed by atoms with Crippen molar-refractivity contribution in [2.75, 3.05) is 7.05 Å². The average molecular weight is 398 g/mol.